The molecule has 82 heavy (non-hydrogen) atoms. The van der Waals surface area contributed by atoms with Crippen molar-refractivity contribution in [3.63, 3.8) is 0 Å². The van der Waals surface area contributed by atoms with E-state index in [4.69, 9.17) is 18.9 Å². The maximum Gasteiger partial charge on any atom is 0.361 e. The molecular formula is C73H138NO8+. The Morgan fingerprint density at radius 3 is 0.976 bits per heavy atom. The van der Waals surface area contributed by atoms with E-state index in [0.717, 1.165) is 57.8 Å². The van der Waals surface area contributed by atoms with Crippen LogP contribution in [0.15, 0.2) is 36.5 Å². The van der Waals surface area contributed by atoms with Gasteiger partial charge in [-0.25, -0.2) is 4.79 Å². The Hall–Kier alpha value is -2.49. The van der Waals surface area contributed by atoms with Gasteiger partial charge in [0.25, 0.3) is 6.29 Å². The van der Waals surface area contributed by atoms with Crippen molar-refractivity contribution in [1.29, 1.82) is 0 Å². The van der Waals surface area contributed by atoms with Gasteiger partial charge in [-0.05, 0) is 70.6 Å². The number of carbonyl (C=O) groups excluding carboxylic acids is 2. The molecule has 2 atom stereocenters. The lowest BCUT2D eigenvalue weighted by atomic mass is 10.0. The number of carboxylic acids is 1. The van der Waals surface area contributed by atoms with E-state index < -0.39 is 18.4 Å². The van der Waals surface area contributed by atoms with Crippen LogP contribution in [0.3, 0.4) is 0 Å². The molecule has 0 aliphatic heterocycles. The van der Waals surface area contributed by atoms with Crippen LogP contribution in [0.5, 0.6) is 0 Å². The molecule has 0 aliphatic rings. The number of nitrogens with zero attached hydrogens (tertiary/aromatic N) is 1. The number of rotatable bonds is 67. The highest BCUT2D eigenvalue weighted by Crippen LogP contribution is 2.19. The standard InChI is InChI=1S/C73H137NO8/c1-6-8-10-12-14-16-18-20-22-24-25-26-27-28-29-30-31-32-33-34-35-36-37-38-39-40-41-42-43-44-45-46-47-48-50-52-54-56-58-60-62-64-71(76)82-69(68-81-73(72(77)78)79-66-65-74(3,4)5)67-80-70(75)63-61-59-57-55-53-51-49-23-21-19-17-15-13-11-9-7-2/h18,20,23-25,49,69,73H,6-17,19,21-22,26-48,50-68H2,1-5H3/p+1/b20-18-,25-24-,49-23-. The van der Waals surface area contributed by atoms with Gasteiger partial charge in [-0.1, -0.05) is 307 Å². The van der Waals surface area contributed by atoms with Gasteiger partial charge in [-0.15, -0.1) is 0 Å². The van der Waals surface area contributed by atoms with Crippen LogP contribution in [0.25, 0.3) is 0 Å². The van der Waals surface area contributed by atoms with E-state index in [9.17, 15) is 19.5 Å². The van der Waals surface area contributed by atoms with Crippen molar-refractivity contribution in [3.05, 3.63) is 36.5 Å². The molecule has 1 N–H and O–H groups in total. The monoisotopic (exact) mass is 1160 g/mol. The summed E-state index contributed by atoms with van der Waals surface area (Å²) >= 11 is 0. The summed E-state index contributed by atoms with van der Waals surface area (Å²) in [5.41, 5.74) is 0. The van der Waals surface area contributed by atoms with Crippen molar-refractivity contribution in [2.75, 3.05) is 47.5 Å². The molecule has 9 heteroatoms. The van der Waals surface area contributed by atoms with E-state index >= 15 is 0 Å². The third kappa shape index (κ3) is 65.1. The maximum atomic E-state index is 12.9. The van der Waals surface area contributed by atoms with E-state index in [-0.39, 0.29) is 38.2 Å². The number of carboxylic acid groups (broad SMARTS) is 1. The average molecular weight is 1160 g/mol. The first kappa shape index (κ1) is 79.5. The summed E-state index contributed by atoms with van der Waals surface area (Å²) in [4.78, 5) is 37.5. The predicted molar refractivity (Wildman–Crippen MR) is 351 cm³/mol. The quantitative estimate of drug-likeness (QED) is 0.0211. The van der Waals surface area contributed by atoms with Crippen LogP contribution in [-0.4, -0.2) is 87.4 Å². The molecule has 0 rings (SSSR count). The Morgan fingerprint density at radius 2 is 0.659 bits per heavy atom. The minimum absolute atomic E-state index is 0.181. The molecule has 0 aromatic carbocycles. The predicted octanol–water partition coefficient (Wildman–Crippen LogP) is 22.0. The highest BCUT2D eigenvalue weighted by atomic mass is 16.7. The van der Waals surface area contributed by atoms with E-state index in [1.165, 1.54) is 270 Å². The second-order valence-electron chi connectivity index (χ2n) is 25.5. The van der Waals surface area contributed by atoms with E-state index in [2.05, 4.69) is 50.3 Å². The fourth-order valence-corrected chi connectivity index (χ4v) is 10.6. The molecule has 0 spiro atoms. The molecule has 0 fully saturated rings. The highest BCUT2D eigenvalue weighted by Gasteiger charge is 2.25. The Balaban J connectivity index is 3.90. The molecule has 9 nitrogen and oxygen atoms in total. The highest BCUT2D eigenvalue weighted by molar-refractivity contribution is 5.71. The molecular weight excluding hydrogens is 1020 g/mol. The van der Waals surface area contributed by atoms with Gasteiger partial charge in [-0.3, -0.25) is 9.59 Å². The van der Waals surface area contributed by atoms with Crippen molar-refractivity contribution >= 4 is 17.9 Å². The summed E-state index contributed by atoms with van der Waals surface area (Å²) in [7, 11) is 5.98. The first-order chi connectivity index (χ1) is 40.1. The molecule has 2 unspecified atom stereocenters. The molecule has 0 radical (unpaired) electrons. The number of quaternary nitrogens is 1. The smallest absolute Gasteiger partial charge is 0.361 e. The van der Waals surface area contributed by atoms with Gasteiger partial charge in [0.2, 0.25) is 0 Å². The molecule has 0 heterocycles. The minimum atomic E-state index is -1.51. The number of hydrogen-bond acceptors (Lipinski definition) is 7. The molecule has 0 amide bonds. The van der Waals surface area contributed by atoms with Gasteiger partial charge < -0.3 is 28.5 Å². The Kier molecular flexibility index (Phi) is 62.5. The lowest BCUT2D eigenvalue weighted by Crippen LogP contribution is -2.40. The first-order valence-electron chi connectivity index (χ1n) is 35.7. The normalized spacial score (nSPS) is 12.8. The van der Waals surface area contributed by atoms with E-state index in [0.29, 0.717) is 17.4 Å². The molecule has 0 aliphatic carbocycles. The van der Waals surface area contributed by atoms with Crippen LogP contribution in [0, 0.1) is 0 Å². The van der Waals surface area contributed by atoms with Gasteiger partial charge in [0, 0.05) is 12.8 Å². The second-order valence-corrected chi connectivity index (χ2v) is 25.5. The Labute approximate surface area is 509 Å². The first-order valence-corrected chi connectivity index (χ1v) is 35.7. The summed E-state index contributed by atoms with van der Waals surface area (Å²) < 4.78 is 22.9. The van der Waals surface area contributed by atoms with Crippen LogP contribution < -0.4 is 0 Å². The largest absolute Gasteiger partial charge is 0.477 e. The number of esters is 2. The van der Waals surface area contributed by atoms with Crippen LogP contribution in [0.2, 0.25) is 0 Å². The molecule has 0 aromatic rings. The van der Waals surface area contributed by atoms with Gasteiger partial charge in [0.15, 0.2) is 6.10 Å². The van der Waals surface area contributed by atoms with Crippen LogP contribution in [-0.2, 0) is 33.3 Å². The molecule has 482 valence electrons. The zero-order valence-electron chi connectivity index (χ0n) is 55.2. The van der Waals surface area contributed by atoms with Crippen molar-refractivity contribution in [1.82, 2.24) is 0 Å². The van der Waals surface area contributed by atoms with E-state index in [1.807, 2.05) is 21.1 Å². The zero-order valence-corrected chi connectivity index (χ0v) is 55.2. The maximum absolute atomic E-state index is 12.9. The Morgan fingerprint density at radius 1 is 0.366 bits per heavy atom. The summed E-state index contributed by atoms with van der Waals surface area (Å²) in [6, 6.07) is 0. The number of hydrogen-bond donors (Lipinski definition) is 1. The summed E-state index contributed by atoms with van der Waals surface area (Å²) in [5, 5.41) is 9.72. The van der Waals surface area contributed by atoms with Crippen molar-refractivity contribution in [2.45, 2.75) is 367 Å². The third-order valence-corrected chi connectivity index (χ3v) is 16.1. The number of aliphatic carboxylic acids is 1. The number of unbranched alkanes of at least 4 members (excludes halogenated alkanes) is 46. The molecule has 0 bridgehead atoms. The molecule has 0 saturated carbocycles. The second kappa shape index (κ2) is 64.5. The Bertz CT molecular complexity index is 1440. The van der Waals surface area contributed by atoms with Gasteiger partial charge in [-0.2, -0.15) is 0 Å². The zero-order chi connectivity index (χ0) is 59.8. The third-order valence-electron chi connectivity index (χ3n) is 16.1. The summed E-state index contributed by atoms with van der Waals surface area (Å²) in [5.74, 6) is -1.99. The van der Waals surface area contributed by atoms with Crippen LogP contribution in [0.4, 0.5) is 0 Å². The molecule has 0 aromatic heterocycles. The van der Waals surface area contributed by atoms with Gasteiger partial charge in [0.05, 0.1) is 34.4 Å². The SMILES string of the molecule is CCCCCCC/C=C\C/C=C\CCCCCCCCCCCCCCCCCCCCCCCCCCCCCCCC(=O)OC(COC(=O)CCCCCCC/C=C\CCCCCCCCC)COC(OCC[N+](C)(C)C)C(=O)O. The van der Waals surface area contributed by atoms with Crippen LogP contribution in [0.1, 0.15) is 354 Å². The topological polar surface area (TPSA) is 108 Å². The number of carbonyl (C=O) groups is 3. The number of ether oxygens (including phenoxy) is 4. The lowest BCUT2D eigenvalue weighted by molar-refractivity contribution is -0.870. The number of allylic oxidation sites excluding steroid dienone is 6. The van der Waals surface area contributed by atoms with E-state index in [1.54, 1.807) is 0 Å². The molecule has 0 saturated heterocycles. The van der Waals surface area contributed by atoms with Crippen molar-refractivity contribution in [2.24, 2.45) is 0 Å². The van der Waals surface area contributed by atoms with Gasteiger partial charge >= 0.3 is 17.9 Å². The van der Waals surface area contributed by atoms with Crippen molar-refractivity contribution < 1.29 is 42.9 Å². The number of likely N-dealkylation sites (N-methyl/N-ethyl adjacent to an activating group) is 1. The summed E-state index contributed by atoms with van der Waals surface area (Å²) in [6.45, 7) is 4.91. The van der Waals surface area contributed by atoms with Crippen molar-refractivity contribution in [3.8, 4) is 0 Å². The fraction of sp³-hybridized carbons (Fsp3) is 0.877. The minimum Gasteiger partial charge on any atom is -0.477 e. The van der Waals surface area contributed by atoms with Gasteiger partial charge in [0.1, 0.15) is 13.2 Å². The average Bonchev–Trinajstić information content (AvgIpc) is 3.45. The summed E-state index contributed by atoms with van der Waals surface area (Å²) in [6.07, 6.45) is 78.6. The fourth-order valence-electron chi connectivity index (χ4n) is 10.6. The lowest BCUT2D eigenvalue weighted by Gasteiger charge is -2.25. The van der Waals surface area contributed by atoms with Crippen LogP contribution >= 0.6 is 0 Å².